The normalized spacial score (nSPS) is 11.0. The van der Waals surface area contributed by atoms with Crippen molar-refractivity contribution < 1.29 is 0 Å². The highest BCUT2D eigenvalue weighted by Gasteiger charge is 1.98. The van der Waals surface area contributed by atoms with Gasteiger partial charge < -0.3 is 0 Å². The second-order valence-corrected chi connectivity index (χ2v) is 3.56. The summed E-state index contributed by atoms with van der Waals surface area (Å²) in [5.41, 5.74) is 1.72. The molecule has 0 unspecified atom stereocenters. The molecule has 0 amide bonds. The molecular formula is C11H10BrN. The van der Waals surface area contributed by atoms with Gasteiger partial charge >= 0.3 is 0 Å². The average molecular weight is 236 g/mol. The van der Waals surface area contributed by atoms with E-state index in [0.717, 1.165) is 22.0 Å². The van der Waals surface area contributed by atoms with Crippen LogP contribution in [0.4, 0.5) is 0 Å². The van der Waals surface area contributed by atoms with Crippen LogP contribution in [0.5, 0.6) is 0 Å². The monoisotopic (exact) mass is 235 g/mol. The van der Waals surface area contributed by atoms with E-state index in [1.165, 1.54) is 0 Å². The van der Waals surface area contributed by atoms with Gasteiger partial charge in [-0.05, 0) is 24.1 Å². The van der Waals surface area contributed by atoms with Crippen molar-refractivity contribution >= 4 is 21.5 Å². The zero-order chi connectivity index (χ0) is 9.68. The summed E-state index contributed by atoms with van der Waals surface area (Å²) in [4.78, 5) is 0. The lowest BCUT2D eigenvalue weighted by Crippen LogP contribution is -1.80. The maximum Gasteiger partial charge on any atom is 0.0994 e. The molecule has 1 nitrogen and oxygen atoms in total. The Morgan fingerprint density at radius 1 is 1.46 bits per heavy atom. The van der Waals surface area contributed by atoms with E-state index in [2.05, 4.69) is 22.0 Å². The van der Waals surface area contributed by atoms with Crippen LogP contribution in [0.1, 0.15) is 18.9 Å². The molecule has 0 saturated heterocycles. The molecule has 0 aliphatic heterocycles. The van der Waals surface area contributed by atoms with Crippen LogP contribution < -0.4 is 0 Å². The molecule has 66 valence electrons. The summed E-state index contributed by atoms with van der Waals surface area (Å²) in [6.07, 6.45) is 2.82. The lowest BCUT2D eigenvalue weighted by Gasteiger charge is -1.97. The number of hydrogen-bond acceptors (Lipinski definition) is 1. The maximum absolute atomic E-state index is 8.85. The second kappa shape index (κ2) is 4.84. The molecule has 2 heteroatoms. The first-order chi connectivity index (χ1) is 6.27. The van der Waals surface area contributed by atoms with E-state index in [0.29, 0.717) is 0 Å². The third kappa shape index (κ3) is 2.71. The summed E-state index contributed by atoms with van der Waals surface area (Å²) in [5, 5.41) is 8.85. The van der Waals surface area contributed by atoms with Crippen LogP contribution in [-0.4, -0.2) is 0 Å². The van der Waals surface area contributed by atoms with Gasteiger partial charge in [0.25, 0.3) is 0 Å². The molecule has 0 bridgehead atoms. The minimum Gasteiger partial charge on any atom is -0.192 e. The van der Waals surface area contributed by atoms with Crippen LogP contribution in [0.15, 0.2) is 34.8 Å². The SMILES string of the molecule is CC/C=C(/C#N)c1ccc(Br)cc1. The Morgan fingerprint density at radius 2 is 2.08 bits per heavy atom. The van der Waals surface area contributed by atoms with E-state index in [9.17, 15) is 0 Å². The number of benzene rings is 1. The molecule has 13 heavy (non-hydrogen) atoms. The third-order valence-corrected chi connectivity index (χ3v) is 2.21. The van der Waals surface area contributed by atoms with Crippen molar-refractivity contribution in [1.29, 1.82) is 5.26 Å². The summed E-state index contributed by atoms with van der Waals surface area (Å²) in [7, 11) is 0. The van der Waals surface area contributed by atoms with Gasteiger partial charge in [0.1, 0.15) is 0 Å². The van der Waals surface area contributed by atoms with Crippen LogP contribution in [0.2, 0.25) is 0 Å². The van der Waals surface area contributed by atoms with Crippen molar-refractivity contribution in [2.45, 2.75) is 13.3 Å². The van der Waals surface area contributed by atoms with E-state index in [-0.39, 0.29) is 0 Å². The molecule has 0 aliphatic rings. The fourth-order valence-electron chi connectivity index (χ4n) is 1.06. The van der Waals surface area contributed by atoms with Crippen LogP contribution in [0.25, 0.3) is 5.57 Å². The topological polar surface area (TPSA) is 23.8 Å². The molecule has 0 spiro atoms. The van der Waals surface area contributed by atoms with Crippen molar-refractivity contribution in [2.75, 3.05) is 0 Å². The van der Waals surface area contributed by atoms with Crippen molar-refractivity contribution in [1.82, 2.24) is 0 Å². The quantitative estimate of drug-likeness (QED) is 0.717. The largest absolute Gasteiger partial charge is 0.192 e. The number of hydrogen-bond donors (Lipinski definition) is 0. The molecule has 1 rings (SSSR count). The predicted octanol–water partition coefficient (Wildman–Crippen LogP) is 3.77. The first-order valence-electron chi connectivity index (χ1n) is 4.14. The number of rotatable bonds is 2. The Kier molecular flexibility index (Phi) is 3.72. The van der Waals surface area contributed by atoms with Crippen molar-refractivity contribution in [3.63, 3.8) is 0 Å². The van der Waals surface area contributed by atoms with Gasteiger partial charge in [-0.1, -0.05) is 41.1 Å². The Morgan fingerprint density at radius 3 is 2.54 bits per heavy atom. The number of allylic oxidation sites excluding steroid dienone is 2. The summed E-state index contributed by atoms with van der Waals surface area (Å²) in [6.45, 7) is 2.02. The molecule has 1 aromatic rings. The van der Waals surface area contributed by atoms with Crippen LogP contribution in [-0.2, 0) is 0 Å². The number of halogens is 1. The van der Waals surface area contributed by atoms with Gasteiger partial charge in [-0.2, -0.15) is 5.26 Å². The molecule has 0 saturated carbocycles. The first-order valence-corrected chi connectivity index (χ1v) is 4.93. The third-order valence-electron chi connectivity index (χ3n) is 1.68. The molecule has 0 aromatic heterocycles. The number of nitriles is 1. The van der Waals surface area contributed by atoms with Crippen molar-refractivity contribution in [2.24, 2.45) is 0 Å². The highest BCUT2D eigenvalue weighted by Crippen LogP contribution is 2.17. The minimum atomic E-state index is 0.745. The lowest BCUT2D eigenvalue weighted by molar-refractivity contribution is 1.23. The average Bonchev–Trinajstić information content (AvgIpc) is 2.16. The predicted molar refractivity (Wildman–Crippen MR) is 58.0 cm³/mol. The zero-order valence-corrected chi connectivity index (χ0v) is 9.01. The molecule has 1 aromatic carbocycles. The molecule has 0 fully saturated rings. The highest BCUT2D eigenvalue weighted by atomic mass is 79.9. The molecular weight excluding hydrogens is 226 g/mol. The van der Waals surface area contributed by atoms with E-state index in [1.807, 2.05) is 37.3 Å². The molecule has 0 aliphatic carbocycles. The van der Waals surface area contributed by atoms with E-state index >= 15 is 0 Å². The smallest absolute Gasteiger partial charge is 0.0994 e. The van der Waals surface area contributed by atoms with Gasteiger partial charge in [0, 0.05) is 4.47 Å². The Bertz CT molecular complexity index is 343. The van der Waals surface area contributed by atoms with E-state index in [4.69, 9.17) is 5.26 Å². The van der Waals surface area contributed by atoms with Gasteiger partial charge in [0.05, 0.1) is 11.6 Å². The van der Waals surface area contributed by atoms with Crippen molar-refractivity contribution in [3.8, 4) is 6.07 Å². The lowest BCUT2D eigenvalue weighted by atomic mass is 10.1. The highest BCUT2D eigenvalue weighted by molar-refractivity contribution is 9.10. The summed E-state index contributed by atoms with van der Waals surface area (Å²) >= 11 is 3.35. The molecule has 0 atom stereocenters. The fraction of sp³-hybridized carbons (Fsp3) is 0.182. The van der Waals surface area contributed by atoms with Gasteiger partial charge in [0.15, 0.2) is 0 Å². The minimum absolute atomic E-state index is 0.745. The summed E-state index contributed by atoms with van der Waals surface area (Å²) in [6, 6.07) is 9.94. The first kappa shape index (κ1) is 10.0. The fourth-order valence-corrected chi connectivity index (χ4v) is 1.33. The molecule has 0 radical (unpaired) electrons. The van der Waals surface area contributed by atoms with Gasteiger partial charge in [0.2, 0.25) is 0 Å². The molecule has 0 heterocycles. The van der Waals surface area contributed by atoms with Crippen molar-refractivity contribution in [3.05, 3.63) is 40.4 Å². The molecule has 0 N–H and O–H groups in total. The van der Waals surface area contributed by atoms with Crippen LogP contribution >= 0.6 is 15.9 Å². The maximum atomic E-state index is 8.85. The van der Waals surface area contributed by atoms with Gasteiger partial charge in [-0.25, -0.2) is 0 Å². The standard InChI is InChI=1S/C11H10BrN/c1-2-3-10(8-13)9-4-6-11(12)7-5-9/h3-7H,2H2,1H3/b10-3-. The Hall–Kier alpha value is -1.07. The van der Waals surface area contributed by atoms with E-state index in [1.54, 1.807) is 0 Å². The second-order valence-electron chi connectivity index (χ2n) is 2.64. The number of nitrogens with zero attached hydrogens (tertiary/aromatic N) is 1. The summed E-state index contributed by atoms with van der Waals surface area (Å²) < 4.78 is 1.03. The summed E-state index contributed by atoms with van der Waals surface area (Å²) in [5.74, 6) is 0. The zero-order valence-electron chi connectivity index (χ0n) is 7.42. The Balaban J connectivity index is 3.01. The van der Waals surface area contributed by atoms with E-state index < -0.39 is 0 Å². The Labute approximate surface area is 86.8 Å². The van der Waals surface area contributed by atoms with Gasteiger partial charge in [-0.3, -0.25) is 0 Å². The van der Waals surface area contributed by atoms with Gasteiger partial charge in [-0.15, -0.1) is 0 Å². The van der Waals surface area contributed by atoms with Crippen LogP contribution in [0, 0.1) is 11.3 Å². The van der Waals surface area contributed by atoms with Crippen LogP contribution in [0.3, 0.4) is 0 Å².